The number of hydrogen-bond donors (Lipinski definition) is 2. The molecule has 2 N–H and O–H groups in total. The van der Waals surface area contributed by atoms with Gasteiger partial charge in [-0.3, -0.25) is 4.79 Å². The molecule has 0 fully saturated rings. The molecule has 1 aliphatic carbocycles. The van der Waals surface area contributed by atoms with Crippen LogP contribution in [0.2, 0.25) is 0 Å². The highest BCUT2D eigenvalue weighted by molar-refractivity contribution is 5.67. The Kier molecular flexibility index (Phi) is 2.40. The fourth-order valence-electron chi connectivity index (χ4n) is 0.713. The first-order valence-corrected chi connectivity index (χ1v) is 3.36. The summed E-state index contributed by atoms with van der Waals surface area (Å²) in [5, 5.41) is 17.5. The minimum absolute atomic E-state index is 0.0325. The highest BCUT2D eigenvalue weighted by atomic mass is 16.4. The zero-order valence-electron chi connectivity index (χ0n) is 6.22. The Morgan fingerprint density at radius 2 is 1.75 bits per heavy atom. The van der Waals surface area contributed by atoms with Crippen LogP contribution in [-0.2, 0) is 4.79 Å². The maximum Gasteiger partial charge on any atom is 0.303 e. The normalized spacial score (nSPS) is 11.2. The molecule has 0 saturated carbocycles. The number of carboxylic acids is 1. The SMILES string of the molecule is O=C(O)CCC(O)=C1C#CC#C1. The van der Waals surface area contributed by atoms with Crippen LogP contribution in [0.4, 0.5) is 0 Å². The molecule has 0 aromatic heterocycles. The number of carboxylic acid groups (broad SMARTS) is 1. The lowest BCUT2D eigenvalue weighted by Crippen LogP contribution is -1.96. The molecule has 0 amide bonds. The van der Waals surface area contributed by atoms with E-state index < -0.39 is 5.97 Å². The molecular formula is C9H6O3. The molecule has 0 saturated heterocycles. The van der Waals surface area contributed by atoms with Crippen LogP contribution in [0, 0.1) is 23.7 Å². The summed E-state index contributed by atoms with van der Waals surface area (Å²) in [6.45, 7) is 0. The molecule has 1 rings (SSSR count). The third-order valence-corrected chi connectivity index (χ3v) is 1.30. The summed E-state index contributed by atoms with van der Waals surface area (Å²) in [5.74, 6) is 9.04. The molecule has 1 aliphatic rings. The minimum Gasteiger partial charge on any atom is -0.510 e. The van der Waals surface area contributed by atoms with E-state index >= 15 is 0 Å². The van der Waals surface area contributed by atoms with Gasteiger partial charge < -0.3 is 10.2 Å². The molecule has 0 aliphatic heterocycles. The van der Waals surface area contributed by atoms with Crippen molar-refractivity contribution in [1.82, 2.24) is 0 Å². The first kappa shape index (κ1) is 8.23. The topological polar surface area (TPSA) is 57.5 Å². The fraction of sp³-hybridized carbons (Fsp3) is 0.222. The first-order valence-electron chi connectivity index (χ1n) is 3.36. The summed E-state index contributed by atoms with van der Waals surface area (Å²) in [4.78, 5) is 10.1. The molecule has 0 aromatic rings. The smallest absolute Gasteiger partial charge is 0.303 e. The average molecular weight is 162 g/mol. The van der Waals surface area contributed by atoms with Gasteiger partial charge in [-0.15, -0.1) is 0 Å². The van der Waals surface area contributed by atoms with Gasteiger partial charge in [0.1, 0.15) is 11.3 Å². The van der Waals surface area contributed by atoms with Crippen molar-refractivity contribution in [3.63, 3.8) is 0 Å². The summed E-state index contributed by atoms with van der Waals surface area (Å²) in [6, 6.07) is 0. The molecular weight excluding hydrogens is 156 g/mol. The standard InChI is InChI=1S/C9H6O3/c10-8(5-6-9(11)12)7-3-1-2-4-7/h10H,5-6H2,(H,11,12). The number of aliphatic hydroxyl groups excluding tert-OH is 1. The lowest BCUT2D eigenvalue weighted by molar-refractivity contribution is -0.137. The molecule has 3 nitrogen and oxygen atoms in total. The molecule has 12 heavy (non-hydrogen) atoms. The number of carbonyl (C=O) groups is 1. The van der Waals surface area contributed by atoms with Crippen molar-refractivity contribution < 1.29 is 15.0 Å². The maximum atomic E-state index is 10.1. The highest BCUT2D eigenvalue weighted by Gasteiger charge is 2.05. The van der Waals surface area contributed by atoms with Gasteiger partial charge in [-0.25, -0.2) is 0 Å². The summed E-state index contributed by atoms with van der Waals surface area (Å²) < 4.78 is 0. The third-order valence-electron chi connectivity index (χ3n) is 1.30. The molecule has 60 valence electrons. The van der Waals surface area contributed by atoms with E-state index in [1.54, 1.807) is 0 Å². The van der Waals surface area contributed by atoms with Crippen LogP contribution >= 0.6 is 0 Å². The Bertz CT molecular complexity index is 333. The van der Waals surface area contributed by atoms with Gasteiger partial charge in [0.2, 0.25) is 0 Å². The second kappa shape index (κ2) is 3.50. The van der Waals surface area contributed by atoms with Gasteiger partial charge in [0, 0.05) is 6.42 Å². The van der Waals surface area contributed by atoms with E-state index in [4.69, 9.17) is 5.11 Å². The van der Waals surface area contributed by atoms with Crippen LogP contribution in [0.15, 0.2) is 11.3 Å². The Labute approximate surface area is 69.7 Å². The average Bonchev–Trinajstić information content (AvgIpc) is 2.51. The van der Waals surface area contributed by atoms with Crippen molar-refractivity contribution >= 4 is 5.97 Å². The number of aliphatic hydroxyl groups is 1. The van der Waals surface area contributed by atoms with Crippen LogP contribution < -0.4 is 0 Å². The van der Waals surface area contributed by atoms with Crippen molar-refractivity contribution in [1.29, 1.82) is 0 Å². The summed E-state index contributed by atoms with van der Waals surface area (Å²) >= 11 is 0. The van der Waals surface area contributed by atoms with E-state index in [0.717, 1.165) is 0 Å². The van der Waals surface area contributed by atoms with Crippen molar-refractivity contribution in [2.24, 2.45) is 0 Å². The predicted octanol–water partition coefficient (Wildman–Crippen LogP) is 0.684. The van der Waals surface area contributed by atoms with Crippen LogP contribution in [0.3, 0.4) is 0 Å². The van der Waals surface area contributed by atoms with Gasteiger partial charge in [-0.1, -0.05) is 0 Å². The predicted molar refractivity (Wildman–Crippen MR) is 42.1 cm³/mol. The van der Waals surface area contributed by atoms with E-state index in [1.165, 1.54) is 0 Å². The van der Waals surface area contributed by atoms with Crippen molar-refractivity contribution in [3.05, 3.63) is 11.3 Å². The van der Waals surface area contributed by atoms with Gasteiger partial charge in [-0.05, 0) is 23.7 Å². The van der Waals surface area contributed by atoms with Gasteiger partial charge in [0.15, 0.2) is 0 Å². The van der Waals surface area contributed by atoms with Crippen molar-refractivity contribution in [2.75, 3.05) is 0 Å². The Morgan fingerprint density at radius 3 is 2.25 bits per heavy atom. The van der Waals surface area contributed by atoms with Gasteiger partial charge in [0.25, 0.3) is 0 Å². The second-order valence-corrected chi connectivity index (χ2v) is 2.22. The molecule has 0 unspecified atom stereocenters. The van der Waals surface area contributed by atoms with Crippen molar-refractivity contribution in [2.45, 2.75) is 12.8 Å². The van der Waals surface area contributed by atoms with Crippen LogP contribution in [0.1, 0.15) is 12.8 Å². The van der Waals surface area contributed by atoms with Gasteiger partial charge >= 0.3 is 5.97 Å². The minimum atomic E-state index is -0.943. The fourth-order valence-corrected chi connectivity index (χ4v) is 0.713. The molecule has 0 aromatic carbocycles. The second-order valence-electron chi connectivity index (χ2n) is 2.22. The number of aliphatic carboxylic acids is 1. The van der Waals surface area contributed by atoms with Crippen LogP contribution in [-0.4, -0.2) is 16.2 Å². The van der Waals surface area contributed by atoms with Crippen LogP contribution in [0.5, 0.6) is 0 Å². The lowest BCUT2D eigenvalue weighted by Gasteiger charge is -1.96. The van der Waals surface area contributed by atoms with E-state index in [9.17, 15) is 9.90 Å². The van der Waals surface area contributed by atoms with Crippen molar-refractivity contribution in [3.8, 4) is 23.7 Å². The number of allylic oxidation sites excluding steroid dienone is 2. The van der Waals surface area contributed by atoms with E-state index in [1.807, 2.05) is 0 Å². The third kappa shape index (κ3) is 2.07. The number of rotatable bonds is 3. The van der Waals surface area contributed by atoms with E-state index in [-0.39, 0.29) is 18.6 Å². The molecule has 0 atom stereocenters. The highest BCUT2D eigenvalue weighted by Crippen LogP contribution is 2.08. The lowest BCUT2D eigenvalue weighted by atomic mass is 10.2. The van der Waals surface area contributed by atoms with Crippen LogP contribution in [0.25, 0.3) is 0 Å². The molecule has 0 spiro atoms. The van der Waals surface area contributed by atoms with E-state index in [0.29, 0.717) is 5.57 Å². The molecule has 0 bridgehead atoms. The summed E-state index contributed by atoms with van der Waals surface area (Å²) in [6.07, 6.45) is -0.00722. The Morgan fingerprint density at radius 1 is 1.17 bits per heavy atom. The molecule has 0 heterocycles. The maximum absolute atomic E-state index is 10.1. The number of hydrogen-bond acceptors (Lipinski definition) is 2. The quantitative estimate of drug-likeness (QED) is 0.474. The first-order chi connectivity index (χ1) is 5.70. The largest absolute Gasteiger partial charge is 0.510 e. The summed E-state index contributed by atoms with van der Waals surface area (Å²) in [5.41, 5.74) is 0.344. The Balaban J connectivity index is 2.57. The zero-order valence-corrected chi connectivity index (χ0v) is 6.22. The molecule has 3 heteroatoms. The monoisotopic (exact) mass is 162 g/mol. The van der Waals surface area contributed by atoms with Gasteiger partial charge in [0.05, 0.1) is 6.42 Å². The Hall–Kier alpha value is -1.87. The van der Waals surface area contributed by atoms with E-state index in [2.05, 4.69) is 23.7 Å². The zero-order chi connectivity index (χ0) is 8.97. The molecule has 0 radical (unpaired) electrons. The summed E-state index contributed by atoms with van der Waals surface area (Å²) in [7, 11) is 0. The van der Waals surface area contributed by atoms with Gasteiger partial charge in [-0.2, -0.15) is 0 Å².